The molecule has 6 N–H and O–H groups in total. The van der Waals surface area contributed by atoms with Gasteiger partial charge in [0.1, 0.15) is 6.61 Å². The normalized spacial score (nSPS) is 10.2. The molecule has 0 aliphatic carbocycles. The molecule has 0 bridgehead atoms. The van der Waals surface area contributed by atoms with Crippen LogP contribution in [-0.2, 0) is 13.2 Å². The lowest BCUT2D eigenvalue weighted by Crippen LogP contribution is -2.08. The van der Waals surface area contributed by atoms with Gasteiger partial charge in [0.25, 0.3) is 0 Å². The van der Waals surface area contributed by atoms with Crippen molar-refractivity contribution in [1.29, 1.82) is 0 Å². The van der Waals surface area contributed by atoms with Gasteiger partial charge in [-0.15, -0.1) is 0 Å². The van der Waals surface area contributed by atoms with Crippen LogP contribution in [-0.4, -0.2) is 20.2 Å². The molecular weight excluding hydrogens is 160 g/mol. The van der Waals surface area contributed by atoms with Gasteiger partial charge in [-0.05, 0) is 0 Å². The fourth-order valence-corrected chi connectivity index (χ4v) is 0.779. The molecule has 12 heavy (non-hydrogen) atoms. The quantitative estimate of drug-likeness (QED) is 0.434. The molecule has 0 atom stereocenters. The Morgan fingerprint density at radius 2 is 1.75 bits per heavy atom. The van der Waals surface area contributed by atoms with E-state index in [4.69, 9.17) is 21.7 Å². The summed E-state index contributed by atoms with van der Waals surface area (Å²) in [6.45, 7) is -0.636. The Balaban J connectivity index is 3.19. The van der Waals surface area contributed by atoms with Gasteiger partial charge in [0.15, 0.2) is 11.6 Å². The Morgan fingerprint density at radius 3 is 2.25 bits per heavy atom. The Kier molecular flexibility index (Phi) is 2.41. The van der Waals surface area contributed by atoms with Gasteiger partial charge in [0, 0.05) is 0 Å². The van der Waals surface area contributed by atoms with Gasteiger partial charge in [0.2, 0.25) is 0 Å². The molecule has 0 fully saturated rings. The lowest BCUT2D eigenvalue weighted by molar-refractivity contribution is 0.262. The molecule has 66 valence electrons. The summed E-state index contributed by atoms with van der Waals surface area (Å²) in [6.07, 6.45) is 0. The zero-order valence-corrected chi connectivity index (χ0v) is 6.36. The molecule has 0 aliphatic heterocycles. The van der Waals surface area contributed by atoms with Gasteiger partial charge in [-0.1, -0.05) is 0 Å². The highest BCUT2D eigenvalue weighted by Crippen LogP contribution is 2.15. The first-order valence-corrected chi connectivity index (χ1v) is 3.31. The average Bonchev–Trinajstić information content (AvgIpc) is 2.09. The first-order valence-electron chi connectivity index (χ1n) is 3.31. The fraction of sp³-hybridized carbons (Fsp3) is 0.333. The number of aliphatic hydroxyl groups excluding tert-OH is 2. The molecule has 1 aromatic rings. The van der Waals surface area contributed by atoms with Crippen molar-refractivity contribution >= 4 is 11.5 Å². The van der Waals surface area contributed by atoms with Gasteiger partial charge in [-0.2, -0.15) is 0 Å². The highest BCUT2D eigenvalue weighted by Gasteiger charge is 2.07. The first kappa shape index (κ1) is 8.69. The number of anilines is 2. The largest absolute Gasteiger partial charge is 0.394 e. The molecule has 1 rings (SSSR count). The molecule has 0 radical (unpaired) electrons. The highest BCUT2D eigenvalue weighted by atomic mass is 16.3. The number of nitrogens with zero attached hydrogens (tertiary/aromatic N) is 2. The predicted octanol–water partition coefficient (Wildman–Crippen LogP) is -1.37. The second-order valence-electron chi connectivity index (χ2n) is 2.20. The zero-order valence-electron chi connectivity index (χ0n) is 6.36. The summed E-state index contributed by atoms with van der Waals surface area (Å²) in [6, 6.07) is 0. The summed E-state index contributed by atoms with van der Waals surface area (Å²) in [5.41, 5.74) is 11.2. The molecule has 0 amide bonds. The Morgan fingerprint density at radius 1 is 1.08 bits per heavy atom. The van der Waals surface area contributed by atoms with E-state index in [0.717, 1.165) is 0 Å². The third kappa shape index (κ3) is 1.44. The van der Waals surface area contributed by atoms with Crippen LogP contribution in [0.25, 0.3) is 0 Å². The lowest BCUT2D eigenvalue weighted by Gasteiger charge is -2.05. The highest BCUT2D eigenvalue weighted by molar-refractivity contribution is 5.60. The van der Waals surface area contributed by atoms with E-state index in [2.05, 4.69) is 9.97 Å². The van der Waals surface area contributed by atoms with Crippen LogP contribution in [0.4, 0.5) is 11.5 Å². The smallest absolute Gasteiger partial charge is 0.156 e. The van der Waals surface area contributed by atoms with E-state index < -0.39 is 0 Å². The molecule has 0 saturated carbocycles. The standard InChI is InChI=1S/C6H10N4O2/c7-5-3(1-11)9-4(2-12)10-6(5)8/h11-12H,1-2,7H2,(H2,8,9,10). The van der Waals surface area contributed by atoms with Gasteiger partial charge >= 0.3 is 0 Å². The topological polar surface area (TPSA) is 118 Å². The number of hydrogen-bond acceptors (Lipinski definition) is 6. The molecular formula is C6H10N4O2. The lowest BCUT2D eigenvalue weighted by atomic mass is 10.3. The molecule has 0 spiro atoms. The SMILES string of the molecule is Nc1nc(CO)nc(CO)c1N. The van der Waals surface area contributed by atoms with Crippen molar-refractivity contribution in [3.63, 3.8) is 0 Å². The van der Waals surface area contributed by atoms with Crippen LogP contribution < -0.4 is 11.5 Å². The summed E-state index contributed by atoms with van der Waals surface area (Å²) >= 11 is 0. The van der Waals surface area contributed by atoms with Crippen molar-refractivity contribution in [3.05, 3.63) is 11.5 Å². The van der Waals surface area contributed by atoms with E-state index in [-0.39, 0.29) is 36.2 Å². The van der Waals surface area contributed by atoms with Crippen molar-refractivity contribution in [3.8, 4) is 0 Å². The number of aromatic nitrogens is 2. The Hall–Kier alpha value is -1.40. The van der Waals surface area contributed by atoms with Crippen molar-refractivity contribution in [2.24, 2.45) is 0 Å². The summed E-state index contributed by atoms with van der Waals surface area (Å²) in [5, 5.41) is 17.4. The van der Waals surface area contributed by atoms with Crippen LogP contribution in [0.15, 0.2) is 0 Å². The summed E-state index contributed by atoms with van der Waals surface area (Å²) in [5.74, 6) is 0.240. The third-order valence-electron chi connectivity index (χ3n) is 1.39. The van der Waals surface area contributed by atoms with Gasteiger partial charge in [-0.25, -0.2) is 9.97 Å². The van der Waals surface area contributed by atoms with E-state index in [0.29, 0.717) is 0 Å². The summed E-state index contributed by atoms with van der Waals surface area (Å²) in [4.78, 5) is 7.43. The average molecular weight is 170 g/mol. The summed E-state index contributed by atoms with van der Waals surface area (Å²) < 4.78 is 0. The molecule has 0 aromatic carbocycles. The monoisotopic (exact) mass is 170 g/mol. The van der Waals surface area contributed by atoms with Crippen LogP contribution >= 0.6 is 0 Å². The molecule has 0 aliphatic rings. The molecule has 6 heteroatoms. The van der Waals surface area contributed by atoms with Crippen molar-refractivity contribution in [2.45, 2.75) is 13.2 Å². The Labute approximate surface area is 68.9 Å². The molecule has 6 nitrogen and oxygen atoms in total. The second kappa shape index (κ2) is 3.33. The zero-order chi connectivity index (χ0) is 9.14. The molecule has 1 aromatic heterocycles. The molecule has 1 heterocycles. The van der Waals surface area contributed by atoms with Crippen LogP contribution in [0, 0.1) is 0 Å². The Bertz CT molecular complexity index is 289. The van der Waals surface area contributed by atoms with Crippen molar-refractivity contribution < 1.29 is 10.2 Å². The van der Waals surface area contributed by atoms with Crippen molar-refractivity contribution in [1.82, 2.24) is 9.97 Å². The first-order chi connectivity index (χ1) is 5.69. The van der Waals surface area contributed by atoms with Crippen LogP contribution in [0.3, 0.4) is 0 Å². The minimum absolute atomic E-state index is 0.0816. The molecule has 0 saturated heterocycles. The van der Waals surface area contributed by atoms with Crippen LogP contribution in [0.2, 0.25) is 0 Å². The minimum Gasteiger partial charge on any atom is -0.394 e. The van der Waals surface area contributed by atoms with Gasteiger partial charge in [0.05, 0.1) is 18.0 Å². The van der Waals surface area contributed by atoms with E-state index in [9.17, 15) is 0 Å². The number of rotatable bonds is 2. The predicted molar refractivity (Wildman–Crippen MR) is 42.7 cm³/mol. The van der Waals surface area contributed by atoms with Gasteiger partial charge in [-0.3, -0.25) is 0 Å². The van der Waals surface area contributed by atoms with E-state index >= 15 is 0 Å². The maximum atomic E-state index is 8.76. The number of nitrogens with two attached hydrogens (primary N) is 2. The maximum Gasteiger partial charge on any atom is 0.156 e. The number of hydrogen-bond donors (Lipinski definition) is 4. The van der Waals surface area contributed by atoms with E-state index in [1.807, 2.05) is 0 Å². The number of aliphatic hydroxyl groups is 2. The van der Waals surface area contributed by atoms with E-state index in [1.54, 1.807) is 0 Å². The van der Waals surface area contributed by atoms with Crippen LogP contribution in [0.1, 0.15) is 11.5 Å². The van der Waals surface area contributed by atoms with Crippen LogP contribution in [0.5, 0.6) is 0 Å². The van der Waals surface area contributed by atoms with Crippen molar-refractivity contribution in [2.75, 3.05) is 11.5 Å². The minimum atomic E-state index is -0.322. The fourth-order valence-electron chi connectivity index (χ4n) is 0.779. The maximum absolute atomic E-state index is 8.76. The number of nitrogen functional groups attached to an aromatic ring is 2. The second-order valence-corrected chi connectivity index (χ2v) is 2.20. The van der Waals surface area contributed by atoms with E-state index in [1.165, 1.54) is 0 Å². The summed E-state index contributed by atoms with van der Waals surface area (Å²) in [7, 11) is 0. The van der Waals surface area contributed by atoms with Gasteiger partial charge < -0.3 is 21.7 Å². The molecule has 0 unspecified atom stereocenters. The third-order valence-corrected chi connectivity index (χ3v) is 1.39.